The Labute approximate surface area is 171 Å². The lowest BCUT2D eigenvalue weighted by Crippen LogP contribution is -2.41. The number of likely N-dealkylation sites (tertiary alicyclic amines) is 1. The lowest BCUT2D eigenvalue weighted by atomic mass is 9.94. The van der Waals surface area contributed by atoms with Gasteiger partial charge in [0.05, 0.1) is 5.56 Å². The number of carbonyl (C=O) groups is 3. The molecule has 152 valence electrons. The molecular formula is C24H27NO4. The number of ketones is 1. The van der Waals surface area contributed by atoms with Gasteiger partial charge in [-0.15, -0.1) is 0 Å². The third-order valence-electron chi connectivity index (χ3n) is 5.37. The molecule has 0 N–H and O–H groups in total. The van der Waals surface area contributed by atoms with Gasteiger partial charge in [0.1, 0.15) is 0 Å². The average molecular weight is 393 g/mol. The van der Waals surface area contributed by atoms with E-state index in [-0.39, 0.29) is 29.4 Å². The van der Waals surface area contributed by atoms with E-state index < -0.39 is 5.97 Å². The van der Waals surface area contributed by atoms with E-state index in [4.69, 9.17) is 4.74 Å². The summed E-state index contributed by atoms with van der Waals surface area (Å²) in [6.07, 6.45) is 2.07. The molecule has 0 unspecified atom stereocenters. The first kappa shape index (κ1) is 20.8. The van der Waals surface area contributed by atoms with Crippen molar-refractivity contribution in [1.29, 1.82) is 0 Å². The van der Waals surface area contributed by atoms with Gasteiger partial charge in [-0.3, -0.25) is 9.59 Å². The predicted molar refractivity (Wildman–Crippen MR) is 111 cm³/mol. The van der Waals surface area contributed by atoms with Gasteiger partial charge in [0.15, 0.2) is 12.4 Å². The van der Waals surface area contributed by atoms with E-state index in [1.807, 2.05) is 32.0 Å². The molecule has 1 heterocycles. The molecule has 0 bridgehead atoms. The quantitative estimate of drug-likeness (QED) is 0.570. The largest absolute Gasteiger partial charge is 0.452 e. The van der Waals surface area contributed by atoms with Crippen molar-refractivity contribution in [3.63, 3.8) is 0 Å². The molecular weight excluding hydrogens is 366 g/mol. The van der Waals surface area contributed by atoms with Crippen LogP contribution in [0.25, 0.3) is 0 Å². The minimum absolute atomic E-state index is 0.179. The third-order valence-corrected chi connectivity index (χ3v) is 5.37. The molecule has 5 heteroatoms. The summed E-state index contributed by atoms with van der Waals surface area (Å²) >= 11 is 0. The predicted octanol–water partition coefficient (Wildman–Crippen LogP) is 3.95. The standard InChI is InChI=1S/C24H27NO4/c1-16-10-11-18(3)21(13-16)23(27)19-8-4-5-9-20(19)24(28)29-15-22(26)25-12-6-7-17(2)14-25/h4-5,8-11,13,17H,6-7,12,14-15H2,1-3H3/t17-/m0/s1. The lowest BCUT2D eigenvalue weighted by molar-refractivity contribution is -0.136. The zero-order valence-corrected chi connectivity index (χ0v) is 17.2. The second-order valence-electron chi connectivity index (χ2n) is 7.86. The molecule has 1 aliphatic rings. The Bertz CT molecular complexity index is 934. The minimum Gasteiger partial charge on any atom is -0.452 e. The maximum Gasteiger partial charge on any atom is 0.339 e. The van der Waals surface area contributed by atoms with Crippen molar-refractivity contribution < 1.29 is 19.1 Å². The van der Waals surface area contributed by atoms with Crippen LogP contribution in [0.1, 0.15) is 57.2 Å². The molecule has 0 saturated carbocycles. The number of ether oxygens (including phenoxy) is 1. The van der Waals surface area contributed by atoms with Gasteiger partial charge in [-0.1, -0.05) is 42.8 Å². The molecule has 1 aliphatic heterocycles. The number of esters is 1. The number of hydrogen-bond acceptors (Lipinski definition) is 4. The minimum atomic E-state index is -0.655. The number of benzene rings is 2. The molecule has 1 fully saturated rings. The Morgan fingerprint density at radius 2 is 1.76 bits per heavy atom. The highest BCUT2D eigenvalue weighted by molar-refractivity contribution is 6.15. The Hall–Kier alpha value is -2.95. The average Bonchev–Trinajstić information content (AvgIpc) is 2.73. The molecule has 1 amide bonds. The highest BCUT2D eigenvalue weighted by atomic mass is 16.5. The topological polar surface area (TPSA) is 63.7 Å². The van der Waals surface area contributed by atoms with Crippen LogP contribution in [-0.4, -0.2) is 42.3 Å². The molecule has 5 nitrogen and oxygen atoms in total. The molecule has 29 heavy (non-hydrogen) atoms. The molecule has 0 aromatic heterocycles. The summed E-state index contributed by atoms with van der Waals surface area (Å²) < 4.78 is 5.28. The zero-order chi connectivity index (χ0) is 21.0. The van der Waals surface area contributed by atoms with Crippen LogP contribution in [0.4, 0.5) is 0 Å². The van der Waals surface area contributed by atoms with Gasteiger partial charge in [0, 0.05) is 24.2 Å². The Kier molecular flexibility index (Phi) is 6.47. The number of nitrogens with zero attached hydrogens (tertiary/aromatic N) is 1. The maximum absolute atomic E-state index is 13.1. The van der Waals surface area contributed by atoms with E-state index in [1.165, 1.54) is 0 Å². The molecule has 2 aromatic carbocycles. The fourth-order valence-corrected chi connectivity index (χ4v) is 3.70. The van der Waals surface area contributed by atoms with Crippen molar-refractivity contribution in [2.24, 2.45) is 5.92 Å². The van der Waals surface area contributed by atoms with Crippen LogP contribution in [0.3, 0.4) is 0 Å². The summed E-state index contributed by atoms with van der Waals surface area (Å²) in [5.41, 5.74) is 2.84. The van der Waals surface area contributed by atoms with E-state index in [9.17, 15) is 14.4 Å². The molecule has 0 spiro atoms. The van der Waals surface area contributed by atoms with Crippen molar-refractivity contribution in [2.45, 2.75) is 33.6 Å². The fourth-order valence-electron chi connectivity index (χ4n) is 3.70. The first-order valence-electron chi connectivity index (χ1n) is 10.0. The molecule has 3 rings (SSSR count). The number of hydrogen-bond donors (Lipinski definition) is 0. The van der Waals surface area contributed by atoms with Crippen LogP contribution in [0.5, 0.6) is 0 Å². The normalized spacial score (nSPS) is 16.4. The Morgan fingerprint density at radius 1 is 1.03 bits per heavy atom. The van der Waals surface area contributed by atoms with E-state index in [0.717, 1.165) is 24.0 Å². The van der Waals surface area contributed by atoms with Crippen molar-refractivity contribution in [2.75, 3.05) is 19.7 Å². The van der Waals surface area contributed by atoms with E-state index in [2.05, 4.69) is 6.92 Å². The maximum atomic E-state index is 13.1. The Morgan fingerprint density at radius 3 is 2.48 bits per heavy atom. The third kappa shape index (κ3) is 4.91. The number of rotatable bonds is 5. The summed E-state index contributed by atoms with van der Waals surface area (Å²) in [5, 5.41) is 0. The number of aryl methyl sites for hydroxylation is 2. The molecule has 1 atom stereocenters. The van der Waals surface area contributed by atoms with Crippen molar-refractivity contribution in [3.8, 4) is 0 Å². The van der Waals surface area contributed by atoms with Crippen molar-refractivity contribution >= 4 is 17.7 Å². The van der Waals surface area contributed by atoms with Crippen LogP contribution in [0.15, 0.2) is 42.5 Å². The van der Waals surface area contributed by atoms with Crippen LogP contribution >= 0.6 is 0 Å². The first-order chi connectivity index (χ1) is 13.9. The summed E-state index contributed by atoms with van der Waals surface area (Å²) in [6.45, 7) is 6.98. The molecule has 1 saturated heterocycles. The lowest BCUT2D eigenvalue weighted by Gasteiger charge is -2.30. The smallest absolute Gasteiger partial charge is 0.339 e. The molecule has 0 aliphatic carbocycles. The van der Waals surface area contributed by atoms with Crippen molar-refractivity contribution in [1.82, 2.24) is 4.90 Å². The second kappa shape index (κ2) is 9.03. The summed E-state index contributed by atoms with van der Waals surface area (Å²) in [7, 11) is 0. The van der Waals surface area contributed by atoms with Crippen LogP contribution < -0.4 is 0 Å². The van der Waals surface area contributed by atoms with Gasteiger partial charge >= 0.3 is 5.97 Å². The fraction of sp³-hybridized carbons (Fsp3) is 0.375. The van der Waals surface area contributed by atoms with Gasteiger partial charge in [0.2, 0.25) is 0 Å². The number of piperidine rings is 1. The first-order valence-corrected chi connectivity index (χ1v) is 10.0. The van der Waals surface area contributed by atoms with Gasteiger partial charge in [-0.2, -0.15) is 0 Å². The number of amides is 1. The summed E-state index contributed by atoms with van der Waals surface area (Å²) in [4.78, 5) is 39.9. The highest BCUT2D eigenvalue weighted by Gasteiger charge is 2.24. The van der Waals surface area contributed by atoms with Gasteiger partial charge in [-0.05, 0) is 50.3 Å². The monoisotopic (exact) mass is 393 g/mol. The highest BCUT2D eigenvalue weighted by Crippen LogP contribution is 2.20. The van der Waals surface area contributed by atoms with Gasteiger partial charge in [-0.25, -0.2) is 4.79 Å². The van der Waals surface area contributed by atoms with Crippen LogP contribution in [0, 0.1) is 19.8 Å². The van der Waals surface area contributed by atoms with Gasteiger partial charge < -0.3 is 9.64 Å². The summed E-state index contributed by atoms with van der Waals surface area (Å²) in [5.74, 6) is -0.616. The second-order valence-corrected chi connectivity index (χ2v) is 7.86. The summed E-state index contributed by atoms with van der Waals surface area (Å²) in [6, 6.07) is 12.2. The van der Waals surface area contributed by atoms with E-state index in [0.29, 0.717) is 24.6 Å². The van der Waals surface area contributed by atoms with Crippen LogP contribution in [-0.2, 0) is 9.53 Å². The van der Waals surface area contributed by atoms with Crippen molar-refractivity contribution in [3.05, 3.63) is 70.3 Å². The Balaban J connectivity index is 1.74. The van der Waals surface area contributed by atoms with E-state index >= 15 is 0 Å². The van der Waals surface area contributed by atoms with E-state index in [1.54, 1.807) is 29.2 Å². The molecule has 0 radical (unpaired) electrons. The zero-order valence-electron chi connectivity index (χ0n) is 17.2. The van der Waals surface area contributed by atoms with Gasteiger partial charge in [0.25, 0.3) is 5.91 Å². The molecule has 2 aromatic rings. The van der Waals surface area contributed by atoms with Crippen LogP contribution in [0.2, 0.25) is 0 Å². The SMILES string of the molecule is Cc1ccc(C)c(C(=O)c2ccccc2C(=O)OCC(=O)N2CCC[C@H](C)C2)c1. The number of carbonyl (C=O) groups excluding carboxylic acids is 3.